The molecule has 0 aliphatic heterocycles. The van der Waals surface area contributed by atoms with Crippen molar-refractivity contribution < 1.29 is 9.90 Å². The van der Waals surface area contributed by atoms with Crippen LogP contribution >= 0.6 is 0 Å². The fourth-order valence-corrected chi connectivity index (χ4v) is 4.14. The Kier molecular flexibility index (Phi) is 5.56. The third-order valence-electron chi connectivity index (χ3n) is 6.31. The number of nitrogens with zero attached hydrogens (tertiary/aromatic N) is 1. The maximum Gasteiger partial charge on any atom is 0.224 e. The molecule has 1 amide bonds. The number of carbonyl (C=O) groups excluding carboxylic acids is 1. The van der Waals surface area contributed by atoms with Gasteiger partial charge in [0, 0.05) is 18.0 Å². The smallest absolute Gasteiger partial charge is 0.224 e. The van der Waals surface area contributed by atoms with Crippen LogP contribution in [-0.4, -0.2) is 42.6 Å². The Bertz CT molecular complexity index is 773. The fraction of sp³-hybridized carbons (Fsp3) is 0.435. The molecule has 27 heavy (non-hydrogen) atoms. The van der Waals surface area contributed by atoms with E-state index in [4.69, 9.17) is 0 Å². The first kappa shape index (κ1) is 19.4. The molecule has 0 aromatic heterocycles. The monoisotopic (exact) mass is 366 g/mol. The van der Waals surface area contributed by atoms with Gasteiger partial charge in [-0.3, -0.25) is 4.79 Å². The lowest BCUT2D eigenvalue weighted by Gasteiger charge is -2.25. The molecule has 0 heterocycles. The van der Waals surface area contributed by atoms with E-state index >= 15 is 0 Å². The molecule has 0 saturated heterocycles. The van der Waals surface area contributed by atoms with E-state index in [-0.39, 0.29) is 29.0 Å². The van der Waals surface area contributed by atoms with Crippen LogP contribution in [0.5, 0.6) is 5.75 Å². The lowest BCUT2D eigenvalue weighted by Crippen LogP contribution is -2.42. The summed E-state index contributed by atoms with van der Waals surface area (Å²) in [5, 5.41) is 12.6. The van der Waals surface area contributed by atoms with Gasteiger partial charge < -0.3 is 15.3 Å². The van der Waals surface area contributed by atoms with Gasteiger partial charge in [0.25, 0.3) is 0 Å². The second-order valence-corrected chi connectivity index (χ2v) is 8.15. The van der Waals surface area contributed by atoms with Crippen molar-refractivity contribution in [3.63, 3.8) is 0 Å². The molecule has 0 bridgehead atoms. The van der Waals surface area contributed by atoms with E-state index in [0.717, 1.165) is 12.0 Å². The van der Waals surface area contributed by atoms with Crippen LogP contribution in [0.4, 0.5) is 0 Å². The molecule has 0 spiro atoms. The standard InChI is InChI=1S/C23H30N2O2/c1-16-21(23(16,2)18-8-6-5-7-9-18)22(27)24-15-19(25(3)4)14-17-10-12-20(26)13-11-17/h5-13,16,19,21,26H,14-15H2,1-4H3,(H,24,27)/t16?,19-,21?,23+/m0/s1. The molecule has 3 rings (SSSR count). The number of benzene rings is 2. The van der Waals surface area contributed by atoms with Crippen molar-refractivity contribution in [1.82, 2.24) is 10.2 Å². The molecule has 1 saturated carbocycles. The highest BCUT2D eigenvalue weighted by Crippen LogP contribution is 2.59. The molecule has 4 heteroatoms. The predicted octanol–water partition coefficient (Wildman–Crippen LogP) is 3.20. The molecule has 0 radical (unpaired) electrons. The summed E-state index contributed by atoms with van der Waals surface area (Å²) in [7, 11) is 4.07. The number of phenols is 1. The number of amides is 1. The van der Waals surface area contributed by atoms with E-state index in [0.29, 0.717) is 12.5 Å². The Labute approximate surface area is 162 Å². The topological polar surface area (TPSA) is 52.6 Å². The summed E-state index contributed by atoms with van der Waals surface area (Å²) < 4.78 is 0. The van der Waals surface area contributed by atoms with Crippen molar-refractivity contribution in [2.75, 3.05) is 20.6 Å². The highest BCUT2D eigenvalue weighted by Gasteiger charge is 2.62. The Morgan fingerprint density at radius 2 is 1.78 bits per heavy atom. The summed E-state index contributed by atoms with van der Waals surface area (Å²) in [4.78, 5) is 15.0. The van der Waals surface area contributed by atoms with Crippen molar-refractivity contribution in [2.45, 2.75) is 31.7 Å². The molecule has 1 fully saturated rings. The lowest BCUT2D eigenvalue weighted by molar-refractivity contribution is -0.123. The van der Waals surface area contributed by atoms with Crippen molar-refractivity contribution in [3.05, 3.63) is 65.7 Å². The number of hydrogen-bond donors (Lipinski definition) is 2. The van der Waals surface area contributed by atoms with Crippen LogP contribution < -0.4 is 5.32 Å². The fourth-order valence-electron chi connectivity index (χ4n) is 4.14. The zero-order valence-corrected chi connectivity index (χ0v) is 16.6. The van der Waals surface area contributed by atoms with Gasteiger partial charge in [-0.15, -0.1) is 0 Å². The SMILES string of the molecule is CC1C(C(=O)NC[C@H](Cc2ccc(O)cc2)N(C)C)[C@@]1(C)c1ccccc1. The first-order valence-electron chi connectivity index (χ1n) is 9.61. The Morgan fingerprint density at radius 1 is 1.15 bits per heavy atom. The average Bonchev–Trinajstić information content (AvgIpc) is 3.22. The van der Waals surface area contributed by atoms with E-state index in [2.05, 4.69) is 36.2 Å². The normalized spacial score (nSPS) is 25.2. The Morgan fingerprint density at radius 3 is 2.37 bits per heavy atom. The maximum atomic E-state index is 12.9. The molecular formula is C23H30N2O2. The molecule has 144 valence electrons. The lowest BCUT2D eigenvalue weighted by atomic mass is 9.94. The second kappa shape index (κ2) is 7.73. The summed E-state index contributed by atoms with van der Waals surface area (Å²) in [6.45, 7) is 4.97. The van der Waals surface area contributed by atoms with Gasteiger partial charge in [-0.2, -0.15) is 0 Å². The number of hydrogen-bond acceptors (Lipinski definition) is 3. The van der Waals surface area contributed by atoms with Crippen molar-refractivity contribution in [3.8, 4) is 5.75 Å². The third-order valence-corrected chi connectivity index (χ3v) is 6.31. The van der Waals surface area contributed by atoms with Crippen LogP contribution in [0.1, 0.15) is 25.0 Å². The molecule has 1 aliphatic rings. The van der Waals surface area contributed by atoms with Crippen molar-refractivity contribution >= 4 is 5.91 Å². The van der Waals surface area contributed by atoms with E-state index in [1.165, 1.54) is 5.56 Å². The summed E-state index contributed by atoms with van der Waals surface area (Å²) in [6, 6.07) is 17.8. The van der Waals surface area contributed by atoms with Gasteiger partial charge in [-0.1, -0.05) is 56.3 Å². The van der Waals surface area contributed by atoms with Gasteiger partial charge in [0.05, 0.1) is 5.92 Å². The van der Waals surface area contributed by atoms with Crippen LogP contribution in [0.25, 0.3) is 0 Å². The quantitative estimate of drug-likeness (QED) is 0.791. The Hall–Kier alpha value is -2.33. The van der Waals surface area contributed by atoms with Crippen LogP contribution in [0.3, 0.4) is 0 Å². The number of rotatable bonds is 7. The van der Waals surface area contributed by atoms with E-state index in [1.807, 2.05) is 44.4 Å². The highest BCUT2D eigenvalue weighted by molar-refractivity contribution is 5.85. The molecular weight excluding hydrogens is 336 g/mol. The number of aromatic hydroxyl groups is 1. The minimum atomic E-state index is -0.0735. The summed E-state index contributed by atoms with van der Waals surface area (Å²) in [5.74, 6) is 0.786. The zero-order valence-electron chi connectivity index (χ0n) is 16.6. The summed E-state index contributed by atoms with van der Waals surface area (Å²) in [5.41, 5.74) is 2.32. The Balaban J connectivity index is 1.61. The minimum absolute atomic E-state index is 0.0244. The van der Waals surface area contributed by atoms with Gasteiger partial charge >= 0.3 is 0 Å². The van der Waals surface area contributed by atoms with Crippen LogP contribution in [0.15, 0.2) is 54.6 Å². The predicted molar refractivity (Wildman–Crippen MR) is 109 cm³/mol. The number of phenolic OH excluding ortho intramolecular Hbond substituents is 1. The van der Waals surface area contributed by atoms with E-state index in [9.17, 15) is 9.90 Å². The molecule has 2 aromatic rings. The van der Waals surface area contributed by atoms with Gasteiger partial charge in [0.2, 0.25) is 5.91 Å². The number of nitrogens with one attached hydrogen (secondary N) is 1. The highest BCUT2D eigenvalue weighted by atomic mass is 16.3. The van der Waals surface area contributed by atoms with E-state index in [1.54, 1.807) is 12.1 Å². The average molecular weight is 367 g/mol. The first-order chi connectivity index (χ1) is 12.8. The van der Waals surface area contributed by atoms with Crippen LogP contribution in [0.2, 0.25) is 0 Å². The molecule has 1 aliphatic carbocycles. The molecule has 2 unspecified atom stereocenters. The first-order valence-corrected chi connectivity index (χ1v) is 9.61. The molecule has 2 N–H and O–H groups in total. The van der Waals surface area contributed by atoms with Crippen LogP contribution in [-0.2, 0) is 16.6 Å². The van der Waals surface area contributed by atoms with Gasteiger partial charge in [-0.05, 0) is 49.7 Å². The van der Waals surface area contributed by atoms with E-state index < -0.39 is 0 Å². The van der Waals surface area contributed by atoms with Gasteiger partial charge in [-0.25, -0.2) is 0 Å². The summed E-state index contributed by atoms with van der Waals surface area (Å²) >= 11 is 0. The van der Waals surface area contributed by atoms with Crippen LogP contribution in [0, 0.1) is 11.8 Å². The van der Waals surface area contributed by atoms with Crippen molar-refractivity contribution in [2.24, 2.45) is 11.8 Å². The molecule has 4 atom stereocenters. The van der Waals surface area contributed by atoms with Gasteiger partial charge in [0.1, 0.15) is 5.75 Å². The van der Waals surface area contributed by atoms with Gasteiger partial charge in [0.15, 0.2) is 0 Å². The second-order valence-electron chi connectivity index (χ2n) is 8.15. The molecule has 2 aromatic carbocycles. The zero-order chi connectivity index (χ0) is 19.6. The van der Waals surface area contributed by atoms with Crippen molar-refractivity contribution in [1.29, 1.82) is 0 Å². The minimum Gasteiger partial charge on any atom is -0.508 e. The third kappa shape index (κ3) is 4.01. The number of carbonyl (C=O) groups is 1. The maximum absolute atomic E-state index is 12.9. The largest absolute Gasteiger partial charge is 0.508 e. The number of likely N-dealkylation sites (N-methyl/N-ethyl adjacent to an activating group) is 1. The molecule has 4 nitrogen and oxygen atoms in total. The summed E-state index contributed by atoms with van der Waals surface area (Å²) in [6.07, 6.45) is 0.823.